The minimum absolute atomic E-state index is 0.0474. The van der Waals surface area contributed by atoms with Crippen LogP contribution in [-0.2, 0) is 11.2 Å². The zero-order valence-electron chi connectivity index (χ0n) is 18.6. The van der Waals surface area contributed by atoms with Crippen LogP contribution in [0, 0.1) is 0 Å². The third-order valence-electron chi connectivity index (χ3n) is 5.41. The number of ether oxygens (including phenoxy) is 2. The third-order valence-corrected chi connectivity index (χ3v) is 6.06. The maximum Gasteiger partial charge on any atom is 0.257 e. The Balaban J connectivity index is 1.45. The predicted octanol–water partition coefficient (Wildman–Crippen LogP) is 4.28. The summed E-state index contributed by atoms with van der Waals surface area (Å²) in [6.07, 6.45) is 12.5. The Bertz CT molecular complexity index is 891. The maximum atomic E-state index is 12.2. The van der Waals surface area contributed by atoms with Crippen molar-refractivity contribution in [3.63, 3.8) is 0 Å². The highest BCUT2D eigenvalue weighted by atomic mass is 32.2. The number of carbonyl (C=O) groups excluding carboxylic acids is 1. The Morgan fingerprint density at radius 2 is 2.10 bits per heavy atom. The van der Waals surface area contributed by atoms with Crippen molar-refractivity contribution in [1.82, 2.24) is 20.1 Å². The number of aromatic nitrogens is 3. The molecule has 2 aromatic rings. The van der Waals surface area contributed by atoms with Crippen LogP contribution < -0.4 is 14.8 Å². The molecule has 1 N–H and O–H groups in total. The minimum Gasteiger partial charge on any atom is -0.493 e. The van der Waals surface area contributed by atoms with Crippen LogP contribution in [0.15, 0.2) is 29.4 Å². The van der Waals surface area contributed by atoms with Gasteiger partial charge in [-0.1, -0.05) is 42.8 Å². The van der Waals surface area contributed by atoms with E-state index in [0.29, 0.717) is 24.1 Å². The van der Waals surface area contributed by atoms with Gasteiger partial charge in [-0.15, -0.1) is 10.2 Å². The number of amides is 1. The van der Waals surface area contributed by atoms with Crippen LogP contribution in [-0.4, -0.2) is 47.2 Å². The van der Waals surface area contributed by atoms with E-state index in [1.54, 1.807) is 18.9 Å². The lowest BCUT2D eigenvalue weighted by atomic mass is 10.2. The number of rotatable bonds is 11. The molecule has 0 saturated heterocycles. The van der Waals surface area contributed by atoms with Crippen molar-refractivity contribution in [3.8, 4) is 11.5 Å². The Kier molecular flexibility index (Phi) is 8.82. The summed E-state index contributed by atoms with van der Waals surface area (Å²) in [6, 6.07) is 6.15. The van der Waals surface area contributed by atoms with Crippen molar-refractivity contribution in [3.05, 3.63) is 35.7 Å². The normalized spacial score (nSPS) is 14.3. The van der Waals surface area contributed by atoms with E-state index in [1.165, 1.54) is 25.7 Å². The topological polar surface area (TPSA) is 78.3 Å². The Hall–Kier alpha value is -2.48. The maximum absolute atomic E-state index is 12.2. The molecule has 3 rings (SSSR count). The number of methoxy groups -OCH3 is 1. The van der Waals surface area contributed by atoms with Crippen LogP contribution >= 0.6 is 11.8 Å². The molecule has 1 aromatic heterocycles. The fourth-order valence-corrected chi connectivity index (χ4v) is 4.49. The highest BCUT2D eigenvalue weighted by Crippen LogP contribution is 2.33. The van der Waals surface area contributed by atoms with E-state index in [2.05, 4.69) is 20.1 Å². The standard InChI is InChI=1S/C23H32N4O3S/c1-4-8-17-12-13-19(20(15-17)29-2)30-16-22(28)24-14-7-11-21-25-26-23(31-3)27(21)18-9-5-6-10-18/h4,8,12-13,15,18H,5-7,9-11,14,16H2,1-3H3,(H,24,28). The highest BCUT2D eigenvalue weighted by molar-refractivity contribution is 7.98. The van der Waals surface area contributed by atoms with E-state index < -0.39 is 0 Å². The molecule has 1 aromatic carbocycles. The first-order valence-electron chi connectivity index (χ1n) is 10.8. The van der Waals surface area contributed by atoms with Gasteiger partial charge in [0.15, 0.2) is 23.3 Å². The number of nitrogens with one attached hydrogen (secondary N) is 1. The van der Waals surface area contributed by atoms with E-state index >= 15 is 0 Å². The fourth-order valence-electron chi connectivity index (χ4n) is 3.91. The van der Waals surface area contributed by atoms with E-state index in [-0.39, 0.29) is 12.5 Å². The van der Waals surface area contributed by atoms with Gasteiger partial charge in [-0.2, -0.15) is 0 Å². The van der Waals surface area contributed by atoms with Gasteiger partial charge < -0.3 is 19.4 Å². The van der Waals surface area contributed by atoms with Crippen molar-refractivity contribution in [2.24, 2.45) is 0 Å². The second kappa shape index (κ2) is 11.8. The molecule has 168 valence electrons. The number of hydrogen-bond acceptors (Lipinski definition) is 6. The number of thioether (sulfide) groups is 1. The zero-order valence-corrected chi connectivity index (χ0v) is 19.4. The summed E-state index contributed by atoms with van der Waals surface area (Å²) in [5, 5.41) is 12.7. The van der Waals surface area contributed by atoms with Gasteiger partial charge in [0.2, 0.25) is 0 Å². The smallest absolute Gasteiger partial charge is 0.257 e. The predicted molar refractivity (Wildman–Crippen MR) is 124 cm³/mol. The van der Waals surface area contributed by atoms with Crippen LogP contribution in [0.4, 0.5) is 0 Å². The molecule has 0 unspecified atom stereocenters. The second-order valence-electron chi connectivity index (χ2n) is 7.56. The molecular formula is C23H32N4O3S. The molecule has 1 saturated carbocycles. The monoisotopic (exact) mass is 444 g/mol. The quantitative estimate of drug-likeness (QED) is 0.412. The van der Waals surface area contributed by atoms with Gasteiger partial charge in [-0.05, 0) is 50.1 Å². The summed E-state index contributed by atoms with van der Waals surface area (Å²) in [7, 11) is 1.59. The van der Waals surface area contributed by atoms with Gasteiger partial charge in [0.05, 0.1) is 7.11 Å². The molecule has 8 heteroatoms. The Morgan fingerprint density at radius 3 is 2.81 bits per heavy atom. The molecule has 0 bridgehead atoms. The molecule has 0 radical (unpaired) electrons. The van der Waals surface area contributed by atoms with E-state index in [4.69, 9.17) is 9.47 Å². The van der Waals surface area contributed by atoms with Crippen molar-refractivity contribution in [1.29, 1.82) is 0 Å². The lowest BCUT2D eigenvalue weighted by Gasteiger charge is -2.16. The fraction of sp³-hybridized carbons (Fsp3) is 0.522. The lowest BCUT2D eigenvalue weighted by molar-refractivity contribution is -0.123. The molecular weight excluding hydrogens is 412 g/mol. The molecule has 0 spiro atoms. The van der Waals surface area contributed by atoms with Crippen LogP contribution in [0.5, 0.6) is 11.5 Å². The van der Waals surface area contributed by atoms with Crippen molar-refractivity contribution in [2.45, 2.75) is 56.6 Å². The summed E-state index contributed by atoms with van der Waals surface area (Å²) in [5.74, 6) is 2.04. The molecule has 1 heterocycles. The Labute approximate surface area is 188 Å². The summed E-state index contributed by atoms with van der Waals surface area (Å²) in [6.45, 7) is 2.49. The van der Waals surface area contributed by atoms with Crippen molar-refractivity contribution < 1.29 is 14.3 Å². The number of allylic oxidation sites excluding steroid dienone is 1. The van der Waals surface area contributed by atoms with Gasteiger partial charge in [-0.25, -0.2) is 0 Å². The number of benzene rings is 1. The van der Waals surface area contributed by atoms with E-state index in [1.807, 2.05) is 43.5 Å². The largest absolute Gasteiger partial charge is 0.493 e. The van der Waals surface area contributed by atoms with Crippen LogP contribution in [0.1, 0.15) is 56.5 Å². The first kappa shape index (κ1) is 23.2. The first-order chi connectivity index (χ1) is 15.2. The highest BCUT2D eigenvalue weighted by Gasteiger charge is 2.23. The Morgan fingerprint density at radius 1 is 1.29 bits per heavy atom. The number of hydrogen-bond donors (Lipinski definition) is 1. The first-order valence-corrected chi connectivity index (χ1v) is 12.1. The number of carbonyl (C=O) groups is 1. The minimum atomic E-state index is -0.151. The van der Waals surface area contributed by atoms with Gasteiger partial charge in [-0.3, -0.25) is 4.79 Å². The zero-order chi connectivity index (χ0) is 22.1. The van der Waals surface area contributed by atoms with Crippen molar-refractivity contribution >= 4 is 23.7 Å². The number of nitrogens with zero attached hydrogens (tertiary/aromatic N) is 3. The number of aryl methyl sites for hydroxylation is 1. The summed E-state index contributed by atoms with van der Waals surface area (Å²) in [4.78, 5) is 12.2. The molecule has 1 aliphatic carbocycles. The van der Waals surface area contributed by atoms with Crippen LogP contribution in [0.25, 0.3) is 6.08 Å². The van der Waals surface area contributed by atoms with Gasteiger partial charge >= 0.3 is 0 Å². The molecule has 1 amide bonds. The summed E-state index contributed by atoms with van der Waals surface area (Å²) < 4.78 is 13.3. The molecule has 0 atom stereocenters. The molecule has 1 fully saturated rings. The lowest BCUT2D eigenvalue weighted by Crippen LogP contribution is -2.30. The molecule has 0 aliphatic heterocycles. The third kappa shape index (κ3) is 6.26. The average Bonchev–Trinajstić information content (AvgIpc) is 3.45. The SMILES string of the molecule is CC=Cc1ccc(OCC(=O)NCCCc2nnc(SC)n2C2CCCC2)c(OC)c1. The average molecular weight is 445 g/mol. The van der Waals surface area contributed by atoms with Gasteiger partial charge in [0.25, 0.3) is 5.91 Å². The summed E-state index contributed by atoms with van der Waals surface area (Å²) in [5.41, 5.74) is 1.02. The van der Waals surface area contributed by atoms with E-state index in [0.717, 1.165) is 29.4 Å². The van der Waals surface area contributed by atoms with Gasteiger partial charge in [0, 0.05) is 19.0 Å². The molecule has 31 heavy (non-hydrogen) atoms. The molecule has 7 nitrogen and oxygen atoms in total. The van der Waals surface area contributed by atoms with Gasteiger partial charge in [0.1, 0.15) is 5.82 Å². The second-order valence-corrected chi connectivity index (χ2v) is 8.34. The molecule has 1 aliphatic rings. The van der Waals surface area contributed by atoms with Crippen LogP contribution in [0.2, 0.25) is 0 Å². The van der Waals surface area contributed by atoms with Crippen molar-refractivity contribution in [2.75, 3.05) is 26.5 Å². The van der Waals surface area contributed by atoms with E-state index in [9.17, 15) is 4.79 Å². The summed E-state index contributed by atoms with van der Waals surface area (Å²) >= 11 is 1.65. The van der Waals surface area contributed by atoms with Crippen LogP contribution in [0.3, 0.4) is 0 Å².